The van der Waals surface area contributed by atoms with E-state index in [0.29, 0.717) is 5.56 Å². The highest BCUT2D eigenvalue weighted by Crippen LogP contribution is 2.30. The number of nitrogens with zero attached hydrogens (tertiary/aromatic N) is 2. The number of aromatic nitrogens is 1. The highest BCUT2D eigenvalue weighted by molar-refractivity contribution is 6.06. The number of rotatable bonds is 5. The van der Waals surface area contributed by atoms with E-state index in [1.165, 1.54) is 6.92 Å². The van der Waals surface area contributed by atoms with Gasteiger partial charge in [-0.15, -0.1) is 0 Å². The molecule has 1 N–H and O–H groups in total. The summed E-state index contributed by atoms with van der Waals surface area (Å²) in [5, 5.41) is 12.8. The third-order valence-electron chi connectivity index (χ3n) is 5.55. The van der Waals surface area contributed by atoms with Crippen LogP contribution < -0.4 is 5.32 Å². The van der Waals surface area contributed by atoms with Crippen LogP contribution in [0.15, 0.2) is 24.3 Å². The first-order chi connectivity index (χ1) is 13.3. The van der Waals surface area contributed by atoms with Crippen molar-refractivity contribution in [3.05, 3.63) is 41.1 Å². The molecule has 1 aromatic heterocycles. The van der Waals surface area contributed by atoms with Gasteiger partial charge in [0.1, 0.15) is 5.54 Å². The number of nitrogens with one attached hydrogen (secondary N) is 1. The van der Waals surface area contributed by atoms with E-state index in [0.717, 1.165) is 41.4 Å². The van der Waals surface area contributed by atoms with Crippen molar-refractivity contribution < 1.29 is 14.3 Å². The molecule has 2 atom stereocenters. The summed E-state index contributed by atoms with van der Waals surface area (Å²) in [6.07, 6.45) is 1.55. The lowest BCUT2D eigenvalue weighted by molar-refractivity contribution is -0.130. The molecule has 1 heterocycles. The molecule has 0 unspecified atom stereocenters. The molecule has 0 fully saturated rings. The maximum absolute atomic E-state index is 13.0. The molecule has 1 aliphatic carbocycles. The molecule has 0 bridgehead atoms. The molecule has 146 valence electrons. The summed E-state index contributed by atoms with van der Waals surface area (Å²) in [6.45, 7) is 6.89. The fourth-order valence-electron chi connectivity index (χ4n) is 3.38. The number of fused-ring (bicyclic) bond motifs is 2. The minimum atomic E-state index is -1.03. The SMILES string of the molecule is CC(C)[C@](C)(C#N)NC(=O)[C@H](C)OC(=O)c1c2c(nc3ccccc13)CCC2. The summed E-state index contributed by atoms with van der Waals surface area (Å²) in [6, 6.07) is 9.60. The molecule has 0 radical (unpaired) electrons. The van der Waals surface area contributed by atoms with Gasteiger partial charge in [-0.3, -0.25) is 9.78 Å². The monoisotopic (exact) mass is 379 g/mol. The predicted octanol–water partition coefficient (Wildman–Crippen LogP) is 3.32. The van der Waals surface area contributed by atoms with Gasteiger partial charge in [-0.05, 0) is 50.7 Å². The van der Waals surface area contributed by atoms with E-state index in [1.807, 2.05) is 38.1 Å². The van der Waals surface area contributed by atoms with Crippen molar-refractivity contribution in [3.8, 4) is 6.07 Å². The quantitative estimate of drug-likeness (QED) is 0.805. The van der Waals surface area contributed by atoms with Crippen molar-refractivity contribution in [1.82, 2.24) is 10.3 Å². The topological polar surface area (TPSA) is 92.1 Å². The second-order valence-electron chi connectivity index (χ2n) is 7.79. The summed E-state index contributed by atoms with van der Waals surface area (Å²) in [4.78, 5) is 30.2. The number of esters is 1. The largest absolute Gasteiger partial charge is 0.449 e. The predicted molar refractivity (Wildman–Crippen MR) is 106 cm³/mol. The minimum absolute atomic E-state index is 0.0863. The Hall–Kier alpha value is -2.94. The number of amides is 1. The molecule has 6 heteroatoms. The third kappa shape index (κ3) is 3.57. The van der Waals surface area contributed by atoms with Crippen molar-refractivity contribution in [2.75, 3.05) is 0 Å². The van der Waals surface area contributed by atoms with E-state index in [-0.39, 0.29) is 5.92 Å². The number of ether oxygens (including phenoxy) is 1. The zero-order chi connectivity index (χ0) is 20.5. The second-order valence-corrected chi connectivity index (χ2v) is 7.79. The van der Waals surface area contributed by atoms with Gasteiger partial charge in [0, 0.05) is 11.1 Å². The molecule has 1 aromatic carbocycles. The number of benzene rings is 1. The van der Waals surface area contributed by atoms with E-state index in [2.05, 4.69) is 16.4 Å². The Labute approximate surface area is 164 Å². The number of aryl methyl sites for hydroxylation is 1. The Bertz CT molecular complexity index is 977. The van der Waals surface area contributed by atoms with Crippen LogP contribution in [0, 0.1) is 17.2 Å². The Balaban J connectivity index is 1.86. The summed E-state index contributed by atoms with van der Waals surface area (Å²) in [7, 11) is 0. The number of nitriles is 1. The van der Waals surface area contributed by atoms with Crippen LogP contribution in [0.4, 0.5) is 0 Å². The zero-order valence-electron chi connectivity index (χ0n) is 16.7. The van der Waals surface area contributed by atoms with Gasteiger partial charge in [-0.2, -0.15) is 5.26 Å². The van der Waals surface area contributed by atoms with Crippen LogP contribution in [0.25, 0.3) is 10.9 Å². The lowest BCUT2D eigenvalue weighted by atomic mass is 9.90. The van der Waals surface area contributed by atoms with Gasteiger partial charge in [0.25, 0.3) is 5.91 Å². The zero-order valence-corrected chi connectivity index (χ0v) is 16.7. The van der Waals surface area contributed by atoms with Gasteiger partial charge in [0.15, 0.2) is 6.10 Å². The normalized spacial score (nSPS) is 16.1. The first-order valence-corrected chi connectivity index (χ1v) is 9.61. The fraction of sp³-hybridized carbons (Fsp3) is 0.455. The molecule has 1 aliphatic rings. The molecule has 0 spiro atoms. The number of carbonyl (C=O) groups excluding carboxylic acids is 2. The summed E-state index contributed by atoms with van der Waals surface area (Å²) in [5.41, 5.74) is 2.08. The van der Waals surface area contributed by atoms with Crippen LogP contribution >= 0.6 is 0 Å². The first-order valence-electron chi connectivity index (χ1n) is 9.61. The molecule has 28 heavy (non-hydrogen) atoms. The van der Waals surface area contributed by atoms with Crippen molar-refractivity contribution in [2.45, 2.75) is 58.6 Å². The minimum Gasteiger partial charge on any atom is -0.449 e. The highest BCUT2D eigenvalue weighted by Gasteiger charge is 2.33. The molecule has 6 nitrogen and oxygen atoms in total. The number of para-hydroxylation sites is 1. The number of hydrogen-bond acceptors (Lipinski definition) is 5. The molecule has 0 aliphatic heterocycles. The number of carbonyl (C=O) groups is 2. The van der Waals surface area contributed by atoms with Crippen molar-refractivity contribution in [1.29, 1.82) is 5.26 Å². The number of hydrogen-bond donors (Lipinski definition) is 1. The van der Waals surface area contributed by atoms with E-state index in [9.17, 15) is 14.9 Å². The van der Waals surface area contributed by atoms with Crippen molar-refractivity contribution in [2.24, 2.45) is 5.92 Å². The Kier molecular flexibility index (Phi) is 5.37. The molecule has 0 saturated heterocycles. The van der Waals surface area contributed by atoms with E-state index in [4.69, 9.17) is 4.74 Å². The first kappa shape index (κ1) is 19.8. The molecule has 0 saturated carbocycles. The van der Waals surface area contributed by atoms with Gasteiger partial charge in [0.05, 0.1) is 17.1 Å². The van der Waals surface area contributed by atoms with Crippen molar-refractivity contribution >= 4 is 22.8 Å². The molecule has 3 rings (SSSR count). The Morgan fingerprint density at radius 2 is 1.96 bits per heavy atom. The summed E-state index contributed by atoms with van der Waals surface area (Å²) < 4.78 is 5.51. The third-order valence-corrected chi connectivity index (χ3v) is 5.55. The van der Waals surface area contributed by atoms with Gasteiger partial charge < -0.3 is 10.1 Å². The fourth-order valence-corrected chi connectivity index (χ4v) is 3.38. The van der Waals surface area contributed by atoms with Gasteiger partial charge in [-0.25, -0.2) is 4.79 Å². The smallest absolute Gasteiger partial charge is 0.339 e. The van der Waals surface area contributed by atoms with Gasteiger partial charge in [0.2, 0.25) is 0 Å². The standard InChI is InChI=1S/C22H25N3O3/c1-13(2)22(4,12-23)25-20(26)14(3)28-21(27)19-15-8-5-6-10-17(15)24-18-11-7-9-16(18)19/h5-6,8,10,13-14H,7,9,11H2,1-4H3,(H,25,26)/t14-,22-/m0/s1. The highest BCUT2D eigenvalue weighted by atomic mass is 16.5. The van der Waals surface area contributed by atoms with Crippen LogP contribution in [0.3, 0.4) is 0 Å². The van der Waals surface area contributed by atoms with Crippen molar-refractivity contribution in [3.63, 3.8) is 0 Å². The number of pyridine rings is 1. The lowest BCUT2D eigenvalue weighted by Crippen LogP contribution is -2.52. The maximum atomic E-state index is 13.0. The molecular formula is C22H25N3O3. The van der Waals surface area contributed by atoms with Gasteiger partial charge in [-0.1, -0.05) is 32.0 Å². The lowest BCUT2D eigenvalue weighted by Gasteiger charge is -2.28. The Morgan fingerprint density at radius 1 is 1.25 bits per heavy atom. The van der Waals surface area contributed by atoms with Crippen LogP contribution in [0.5, 0.6) is 0 Å². The average Bonchev–Trinajstić information content (AvgIpc) is 3.13. The van der Waals surface area contributed by atoms with Crippen LogP contribution in [-0.2, 0) is 22.4 Å². The molecule has 2 aromatic rings. The summed E-state index contributed by atoms with van der Waals surface area (Å²) >= 11 is 0. The summed E-state index contributed by atoms with van der Waals surface area (Å²) in [5.74, 6) is -1.10. The van der Waals surface area contributed by atoms with Crippen LogP contribution in [-0.4, -0.2) is 28.5 Å². The van der Waals surface area contributed by atoms with Gasteiger partial charge >= 0.3 is 5.97 Å². The second kappa shape index (κ2) is 7.59. The average molecular weight is 379 g/mol. The molecule has 1 amide bonds. The van der Waals surface area contributed by atoms with Crippen LogP contribution in [0.1, 0.15) is 55.7 Å². The van der Waals surface area contributed by atoms with E-state index < -0.39 is 23.5 Å². The Morgan fingerprint density at radius 3 is 2.64 bits per heavy atom. The molecular weight excluding hydrogens is 354 g/mol. The van der Waals surface area contributed by atoms with E-state index >= 15 is 0 Å². The van der Waals surface area contributed by atoms with E-state index in [1.54, 1.807) is 6.92 Å². The maximum Gasteiger partial charge on any atom is 0.339 e. The van der Waals surface area contributed by atoms with Crippen LogP contribution in [0.2, 0.25) is 0 Å².